The maximum absolute atomic E-state index is 14.1. The number of allylic oxidation sites excluding steroid dienone is 2. The van der Waals surface area contributed by atoms with Crippen LogP contribution >= 0.6 is 11.3 Å². The van der Waals surface area contributed by atoms with Gasteiger partial charge in [0, 0.05) is 34.8 Å². The third kappa shape index (κ3) is 3.82. The van der Waals surface area contributed by atoms with Crippen molar-refractivity contribution in [2.45, 2.75) is 25.4 Å². The molecule has 3 aromatic carbocycles. The summed E-state index contributed by atoms with van der Waals surface area (Å²) < 4.78 is 10.2. The summed E-state index contributed by atoms with van der Waals surface area (Å²) in [7, 11) is 1.67. The van der Waals surface area contributed by atoms with Gasteiger partial charge in [-0.25, -0.2) is 4.99 Å². The van der Waals surface area contributed by atoms with Gasteiger partial charge in [0.2, 0.25) is 0 Å². The van der Waals surface area contributed by atoms with E-state index in [2.05, 4.69) is 65.9 Å². The molecule has 7 rings (SSSR count). The first-order chi connectivity index (χ1) is 19.2. The largest absolute Gasteiger partial charge is 0.497 e. The molecule has 0 unspecified atom stereocenters. The molecule has 6 heteroatoms. The summed E-state index contributed by atoms with van der Waals surface area (Å²) in [5.41, 5.74) is 7.88. The molecule has 1 aliphatic heterocycles. The fourth-order valence-electron chi connectivity index (χ4n) is 5.93. The Balaban J connectivity index is 1.47. The maximum Gasteiger partial charge on any atom is 0.271 e. The lowest BCUT2D eigenvalue weighted by atomic mass is 9.83. The number of thiazole rings is 1. The van der Waals surface area contributed by atoms with Crippen molar-refractivity contribution in [3.05, 3.63) is 139 Å². The number of para-hydroxylation sites is 1. The molecule has 0 saturated heterocycles. The van der Waals surface area contributed by atoms with E-state index in [9.17, 15) is 4.79 Å². The molecule has 0 spiro atoms. The summed E-state index contributed by atoms with van der Waals surface area (Å²) in [4.78, 5) is 20.0. The van der Waals surface area contributed by atoms with Gasteiger partial charge in [-0.3, -0.25) is 9.36 Å². The summed E-state index contributed by atoms with van der Waals surface area (Å²) >= 11 is 1.46. The van der Waals surface area contributed by atoms with Gasteiger partial charge in [-0.1, -0.05) is 72.0 Å². The quantitative estimate of drug-likeness (QED) is 0.284. The predicted octanol–water partition coefficient (Wildman–Crippen LogP) is 5.47. The molecule has 1 aliphatic carbocycles. The molecular formula is C33H27N3O2S. The second-order valence-electron chi connectivity index (χ2n) is 9.93. The van der Waals surface area contributed by atoms with E-state index in [1.165, 1.54) is 28.0 Å². The summed E-state index contributed by atoms with van der Waals surface area (Å²) in [6.45, 7) is 4.61. The van der Waals surface area contributed by atoms with Crippen molar-refractivity contribution in [1.82, 2.24) is 9.13 Å². The highest BCUT2D eigenvalue weighted by Crippen LogP contribution is 2.41. The number of ether oxygens (including phenoxy) is 1. The predicted molar refractivity (Wildman–Crippen MR) is 158 cm³/mol. The zero-order valence-electron chi connectivity index (χ0n) is 21.6. The van der Waals surface area contributed by atoms with E-state index in [-0.39, 0.29) is 11.6 Å². The number of aryl methyl sites for hydroxylation is 1. The summed E-state index contributed by atoms with van der Waals surface area (Å²) in [6, 6.07) is 24.7. The van der Waals surface area contributed by atoms with Crippen LogP contribution in [0, 0.1) is 0 Å². The molecule has 5 nitrogen and oxygen atoms in total. The molecule has 0 bridgehead atoms. The third-order valence-electron chi connectivity index (χ3n) is 7.74. The van der Waals surface area contributed by atoms with Gasteiger partial charge in [-0.15, -0.1) is 6.58 Å². The van der Waals surface area contributed by atoms with Crippen molar-refractivity contribution in [2.75, 3.05) is 7.11 Å². The Morgan fingerprint density at radius 3 is 2.67 bits per heavy atom. The van der Waals surface area contributed by atoms with Crippen LogP contribution in [0.25, 0.3) is 22.7 Å². The van der Waals surface area contributed by atoms with Gasteiger partial charge in [0.1, 0.15) is 5.75 Å². The fraction of sp³-hybridized carbons (Fsp3) is 0.152. The Bertz CT molecular complexity index is 1970. The zero-order valence-corrected chi connectivity index (χ0v) is 22.4. The van der Waals surface area contributed by atoms with Crippen molar-refractivity contribution >= 4 is 34.0 Å². The highest BCUT2D eigenvalue weighted by atomic mass is 32.1. The SMILES string of the molecule is C=CCn1cc(/C=c2/sc3n(c2=O)[C@@H](c2ccc(OC)cc2)C2=C(N=3)c3ccccc3CC2)c2ccccc21. The number of hydrogen-bond donors (Lipinski definition) is 0. The first-order valence-corrected chi connectivity index (χ1v) is 13.9. The Kier molecular flexibility index (Phi) is 5.71. The summed E-state index contributed by atoms with van der Waals surface area (Å²) in [5, 5.41) is 1.12. The molecule has 5 aromatic rings. The van der Waals surface area contributed by atoms with Gasteiger partial charge in [-0.2, -0.15) is 0 Å². The molecule has 192 valence electrons. The van der Waals surface area contributed by atoms with Crippen molar-refractivity contribution < 1.29 is 4.74 Å². The van der Waals surface area contributed by atoms with Gasteiger partial charge >= 0.3 is 0 Å². The van der Waals surface area contributed by atoms with Gasteiger partial charge in [0.15, 0.2) is 4.80 Å². The monoisotopic (exact) mass is 529 g/mol. The molecule has 2 aliphatic rings. The lowest BCUT2D eigenvalue weighted by Crippen LogP contribution is -2.38. The first-order valence-electron chi connectivity index (χ1n) is 13.1. The van der Waals surface area contributed by atoms with E-state index in [0.717, 1.165) is 51.1 Å². The average Bonchev–Trinajstić information content (AvgIpc) is 3.48. The van der Waals surface area contributed by atoms with Crippen LogP contribution in [-0.2, 0) is 13.0 Å². The topological polar surface area (TPSA) is 48.5 Å². The Morgan fingerprint density at radius 2 is 1.85 bits per heavy atom. The zero-order chi connectivity index (χ0) is 26.5. The van der Waals surface area contributed by atoms with Crippen molar-refractivity contribution in [1.29, 1.82) is 0 Å². The van der Waals surface area contributed by atoms with Crippen LogP contribution in [0.3, 0.4) is 0 Å². The first kappa shape index (κ1) is 23.7. The van der Waals surface area contributed by atoms with Crippen LogP contribution in [0.15, 0.2) is 107 Å². The van der Waals surface area contributed by atoms with Gasteiger partial charge in [0.05, 0.1) is 23.4 Å². The Labute approximate surface area is 230 Å². The van der Waals surface area contributed by atoms with E-state index in [4.69, 9.17) is 9.73 Å². The Hall–Kier alpha value is -4.42. The number of rotatable bonds is 5. The van der Waals surface area contributed by atoms with E-state index in [1.54, 1.807) is 7.11 Å². The minimum atomic E-state index is -0.209. The molecule has 0 radical (unpaired) electrons. The third-order valence-corrected chi connectivity index (χ3v) is 8.72. The molecule has 0 N–H and O–H groups in total. The number of methoxy groups -OCH3 is 1. The maximum atomic E-state index is 14.1. The van der Waals surface area contributed by atoms with E-state index in [0.29, 0.717) is 11.1 Å². The van der Waals surface area contributed by atoms with E-state index in [1.807, 2.05) is 41.0 Å². The van der Waals surface area contributed by atoms with Crippen molar-refractivity contribution in [3.8, 4) is 5.75 Å². The molecule has 2 aromatic heterocycles. The van der Waals surface area contributed by atoms with Gasteiger partial charge < -0.3 is 9.30 Å². The molecule has 0 amide bonds. The summed E-state index contributed by atoms with van der Waals surface area (Å²) in [6.07, 6.45) is 7.82. The minimum absolute atomic E-state index is 0.00877. The second kappa shape index (κ2) is 9.40. The smallest absolute Gasteiger partial charge is 0.271 e. The van der Waals surface area contributed by atoms with Crippen LogP contribution < -0.4 is 19.6 Å². The summed E-state index contributed by atoms with van der Waals surface area (Å²) in [5.74, 6) is 0.797. The van der Waals surface area contributed by atoms with E-state index >= 15 is 0 Å². The highest BCUT2D eigenvalue weighted by Gasteiger charge is 2.32. The second-order valence-corrected chi connectivity index (χ2v) is 10.9. The van der Waals surface area contributed by atoms with Crippen molar-refractivity contribution in [3.63, 3.8) is 0 Å². The normalized spacial score (nSPS) is 16.4. The minimum Gasteiger partial charge on any atom is -0.497 e. The van der Waals surface area contributed by atoms with Gasteiger partial charge in [-0.05, 0) is 53.8 Å². The number of aromatic nitrogens is 2. The van der Waals surface area contributed by atoms with Gasteiger partial charge in [0.25, 0.3) is 5.56 Å². The van der Waals surface area contributed by atoms with Crippen LogP contribution in [0.1, 0.15) is 34.7 Å². The number of benzene rings is 3. The van der Waals surface area contributed by atoms with E-state index < -0.39 is 0 Å². The molecule has 0 fully saturated rings. The van der Waals surface area contributed by atoms with Crippen molar-refractivity contribution in [2.24, 2.45) is 4.99 Å². The number of nitrogens with zero attached hydrogens (tertiary/aromatic N) is 3. The van der Waals surface area contributed by atoms with Crippen LogP contribution in [0.4, 0.5) is 0 Å². The Morgan fingerprint density at radius 1 is 1.05 bits per heavy atom. The molecule has 39 heavy (non-hydrogen) atoms. The lowest BCUT2D eigenvalue weighted by Gasteiger charge is -2.30. The molecule has 0 saturated carbocycles. The number of fused-ring (bicyclic) bond motifs is 4. The number of hydrogen-bond acceptors (Lipinski definition) is 4. The standard InChI is InChI=1S/C33H27N3O2S/c1-3-18-35-20-23(25-9-6-7-11-28(25)35)19-29-32(37)36-31(22-12-15-24(38-2)16-13-22)27-17-14-21-8-4-5-10-26(21)30(27)34-33(36)39-29/h3-13,15-16,19-20,31H,1,14,17-18H2,2H3/b29-19+/t31-/m0/s1. The molecule has 1 atom stereocenters. The fourth-order valence-corrected chi connectivity index (χ4v) is 6.92. The van der Waals surface area contributed by atoms with Crippen LogP contribution in [0.5, 0.6) is 5.75 Å². The van der Waals surface area contributed by atoms with Crippen LogP contribution in [-0.4, -0.2) is 16.2 Å². The highest BCUT2D eigenvalue weighted by molar-refractivity contribution is 7.07. The lowest BCUT2D eigenvalue weighted by molar-refractivity contribution is 0.414. The molecule has 3 heterocycles. The average molecular weight is 530 g/mol. The van der Waals surface area contributed by atoms with Crippen LogP contribution in [0.2, 0.25) is 0 Å². The molecular weight excluding hydrogens is 502 g/mol.